The van der Waals surface area contributed by atoms with Crippen molar-refractivity contribution in [1.82, 2.24) is 20.2 Å². The maximum absolute atomic E-state index is 13.4. The Bertz CT molecular complexity index is 1440. The van der Waals surface area contributed by atoms with Gasteiger partial charge in [0.1, 0.15) is 22.8 Å². The monoisotopic (exact) mass is 614 g/mol. The fourth-order valence-corrected chi connectivity index (χ4v) is 6.23. The number of oxime groups is 1. The second-order valence-corrected chi connectivity index (χ2v) is 11.3. The number of β-lactam (4-membered cyclic amide) rings is 1. The number of hydrogen-bond acceptors (Lipinski definition) is 13. The highest BCUT2D eigenvalue weighted by Crippen LogP contribution is 2.41. The van der Waals surface area contributed by atoms with E-state index in [1.807, 2.05) is 19.9 Å². The number of hydrogen-bond donors (Lipinski definition) is 3. The van der Waals surface area contributed by atoms with Crippen LogP contribution in [0.25, 0.3) is 6.08 Å². The number of nitrogens with two attached hydrogens (primary N) is 1. The van der Waals surface area contributed by atoms with Gasteiger partial charge in [0, 0.05) is 30.5 Å². The number of nitrogen functional groups attached to an aromatic ring is 1. The molecular formula is C27H30N6O7S2. The molecule has 2 amide bonds. The fraction of sp³-hybridized carbons (Fsp3) is 0.370. The minimum Gasteiger partial charge on any atom is -0.425 e. The number of ether oxygens (including phenoxy) is 2. The first-order chi connectivity index (χ1) is 20.2. The molecule has 4 N–H and O–H groups in total. The predicted octanol–water partition coefficient (Wildman–Crippen LogP) is 2.53. The van der Waals surface area contributed by atoms with Gasteiger partial charge in [0.25, 0.3) is 11.8 Å². The topological polar surface area (TPSA) is 186 Å². The number of nitrogens with one attached hydrogen (secondary N) is 1. The van der Waals surface area contributed by atoms with Gasteiger partial charge in [-0.1, -0.05) is 37.2 Å². The molecular weight excluding hydrogens is 584 g/mol. The second kappa shape index (κ2) is 13.6. The maximum atomic E-state index is 13.4. The van der Waals surface area contributed by atoms with Crippen LogP contribution in [0.2, 0.25) is 0 Å². The van der Waals surface area contributed by atoms with E-state index in [2.05, 4.69) is 20.4 Å². The summed E-state index contributed by atoms with van der Waals surface area (Å²) in [4.78, 5) is 61.3. The molecule has 0 aliphatic carbocycles. The first kappa shape index (κ1) is 30.7. The molecule has 13 nitrogen and oxygen atoms in total. The Morgan fingerprint density at radius 1 is 1.29 bits per heavy atom. The molecule has 4 heterocycles. The lowest BCUT2D eigenvalue weighted by molar-refractivity contribution is -0.187. The Hall–Kier alpha value is -4.24. The van der Waals surface area contributed by atoms with Gasteiger partial charge in [-0.2, -0.15) is 0 Å². The molecule has 3 atom stereocenters. The SMILES string of the molecule is CCC(CC)C(=O)O[C@H](C)OC(=O)C1=C(/C=C\c2cccnc2)CS[C@@H]2[C@H](NC(=O)/C(=N\O)c3csc(N)n3)C(=O)N12. The van der Waals surface area contributed by atoms with Crippen molar-refractivity contribution in [3.8, 4) is 0 Å². The van der Waals surface area contributed by atoms with Crippen LogP contribution in [-0.2, 0) is 28.7 Å². The van der Waals surface area contributed by atoms with Crippen LogP contribution in [0.15, 0.2) is 52.4 Å². The van der Waals surface area contributed by atoms with Crippen LogP contribution < -0.4 is 11.1 Å². The van der Waals surface area contributed by atoms with Gasteiger partial charge in [-0.15, -0.1) is 23.1 Å². The molecule has 2 aromatic rings. The molecule has 2 aliphatic heterocycles. The molecule has 0 aromatic carbocycles. The molecule has 0 bridgehead atoms. The average molecular weight is 615 g/mol. The van der Waals surface area contributed by atoms with Crippen molar-refractivity contribution in [3.63, 3.8) is 0 Å². The fourth-order valence-electron chi connectivity index (χ4n) is 4.36. The normalized spacial score (nSPS) is 19.4. The van der Waals surface area contributed by atoms with E-state index in [0.29, 0.717) is 24.2 Å². The summed E-state index contributed by atoms with van der Waals surface area (Å²) in [6.07, 6.45) is 6.68. The first-order valence-electron chi connectivity index (χ1n) is 13.1. The van der Waals surface area contributed by atoms with Crippen LogP contribution in [-0.4, -0.2) is 73.0 Å². The number of thiazole rings is 1. The van der Waals surface area contributed by atoms with E-state index >= 15 is 0 Å². The van der Waals surface area contributed by atoms with Crippen molar-refractivity contribution in [2.75, 3.05) is 11.5 Å². The average Bonchev–Trinajstić information content (AvgIpc) is 3.41. The molecule has 222 valence electrons. The van der Waals surface area contributed by atoms with Crippen LogP contribution >= 0.6 is 23.1 Å². The van der Waals surface area contributed by atoms with Crippen LogP contribution in [0, 0.1) is 5.92 Å². The lowest BCUT2D eigenvalue weighted by Crippen LogP contribution is -2.71. The van der Waals surface area contributed by atoms with Crippen LogP contribution in [0.5, 0.6) is 0 Å². The van der Waals surface area contributed by atoms with Gasteiger partial charge in [0.15, 0.2) is 10.8 Å². The van der Waals surface area contributed by atoms with E-state index in [1.165, 1.54) is 29.0 Å². The number of amides is 2. The number of rotatable bonds is 11. The van der Waals surface area contributed by atoms with Gasteiger partial charge in [-0.25, -0.2) is 9.78 Å². The molecule has 0 spiro atoms. The lowest BCUT2D eigenvalue weighted by Gasteiger charge is -2.49. The number of carbonyl (C=O) groups is 4. The summed E-state index contributed by atoms with van der Waals surface area (Å²) in [5, 5.41) is 16.0. The quantitative estimate of drug-likeness (QED) is 0.0843. The van der Waals surface area contributed by atoms with Gasteiger partial charge in [0.05, 0.1) is 5.92 Å². The lowest BCUT2D eigenvalue weighted by atomic mass is 10.0. The number of carbonyl (C=O) groups excluding carboxylic acids is 4. The predicted molar refractivity (Wildman–Crippen MR) is 156 cm³/mol. The van der Waals surface area contributed by atoms with Crippen molar-refractivity contribution < 1.29 is 33.9 Å². The summed E-state index contributed by atoms with van der Waals surface area (Å²) in [5.74, 6) is -2.77. The number of aromatic nitrogens is 2. The number of thioether (sulfide) groups is 1. The number of fused-ring (bicyclic) bond motifs is 1. The summed E-state index contributed by atoms with van der Waals surface area (Å²) in [7, 11) is 0. The summed E-state index contributed by atoms with van der Waals surface area (Å²) in [6.45, 7) is 5.16. The van der Waals surface area contributed by atoms with Crippen molar-refractivity contribution in [1.29, 1.82) is 0 Å². The van der Waals surface area contributed by atoms with Gasteiger partial charge >= 0.3 is 11.9 Å². The molecule has 0 unspecified atom stereocenters. The van der Waals surface area contributed by atoms with E-state index < -0.39 is 47.2 Å². The third kappa shape index (κ3) is 6.62. The van der Waals surface area contributed by atoms with E-state index in [4.69, 9.17) is 15.2 Å². The number of nitrogens with zero attached hydrogens (tertiary/aromatic N) is 4. The summed E-state index contributed by atoms with van der Waals surface area (Å²) in [6, 6.07) is 2.57. The zero-order valence-corrected chi connectivity index (χ0v) is 24.7. The summed E-state index contributed by atoms with van der Waals surface area (Å²) < 4.78 is 10.8. The highest BCUT2D eigenvalue weighted by molar-refractivity contribution is 8.00. The Morgan fingerprint density at radius 2 is 2.05 bits per heavy atom. The van der Waals surface area contributed by atoms with Gasteiger partial charge in [-0.3, -0.25) is 24.3 Å². The molecule has 1 fully saturated rings. The molecule has 4 rings (SSSR count). The Balaban J connectivity index is 1.55. The summed E-state index contributed by atoms with van der Waals surface area (Å²) >= 11 is 2.38. The van der Waals surface area contributed by atoms with E-state index in [1.54, 1.807) is 30.6 Å². The number of pyridine rings is 1. The minimum absolute atomic E-state index is 0.0249. The van der Waals surface area contributed by atoms with Crippen LogP contribution in [0.3, 0.4) is 0 Å². The Labute approximate surface area is 249 Å². The third-order valence-electron chi connectivity index (χ3n) is 6.59. The molecule has 1 saturated heterocycles. The van der Waals surface area contributed by atoms with Crippen LogP contribution in [0.4, 0.5) is 5.13 Å². The largest absolute Gasteiger partial charge is 0.425 e. The van der Waals surface area contributed by atoms with Crippen molar-refractivity contribution >= 4 is 63.8 Å². The van der Waals surface area contributed by atoms with Crippen LogP contribution in [0.1, 0.15) is 44.9 Å². The van der Waals surface area contributed by atoms with Crippen molar-refractivity contribution in [3.05, 3.63) is 58.5 Å². The number of esters is 2. The van der Waals surface area contributed by atoms with E-state index in [9.17, 15) is 24.4 Å². The summed E-state index contributed by atoms with van der Waals surface area (Å²) in [5.41, 5.74) is 6.52. The zero-order chi connectivity index (χ0) is 30.4. The van der Waals surface area contributed by atoms with E-state index in [0.717, 1.165) is 16.9 Å². The zero-order valence-electron chi connectivity index (χ0n) is 23.1. The third-order valence-corrected chi connectivity index (χ3v) is 8.57. The smallest absolute Gasteiger partial charge is 0.358 e. The van der Waals surface area contributed by atoms with E-state index in [-0.39, 0.29) is 22.4 Å². The molecule has 42 heavy (non-hydrogen) atoms. The molecule has 0 radical (unpaired) electrons. The highest BCUT2D eigenvalue weighted by Gasteiger charge is 2.54. The Morgan fingerprint density at radius 3 is 2.67 bits per heavy atom. The molecule has 0 saturated carbocycles. The second-order valence-electron chi connectivity index (χ2n) is 9.30. The standard InChI is InChI=1S/C27H30N6O7S2/c1-4-16(5-2)25(36)39-14(3)40-26(37)21-17(9-8-15-7-6-10-29-11-15)12-41-24-20(23(35)33(21)24)31-22(34)19(32-38)18-13-42-27(28)30-18/h6-11,13-14,16,20,24,38H,4-5,12H2,1-3H3,(H2,28,30)(H,31,34)/b9-8-,32-19-/t14-,20+,24+/m0/s1. The van der Waals surface area contributed by atoms with Gasteiger partial charge in [0.2, 0.25) is 6.29 Å². The molecule has 15 heteroatoms. The maximum Gasteiger partial charge on any atom is 0.358 e. The number of allylic oxidation sites excluding steroid dienone is 1. The minimum atomic E-state index is -1.20. The molecule has 2 aliphatic rings. The highest BCUT2D eigenvalue weighted by atomic mass is 32.2. The van der Waals surface area contributed by atoms with Crippen molar-refractivity contribution in [2.24, 2.45) is 11.1 Å². The van der Waals surface area contributed by atoms with Gasteiger partial charge < -0.3 is 25.7 Å². The molecule has 2 aromatic heterocycles. The van der Waals surface area contributed by atoms with Gasteiger partial charge in [-0.05, 0) is 30.0 Å². The Kier molecular flexibility index (Phi) is 9.96. The number of anilines is 1. The first-order valence-corrected chi connectivity index (χ1v) is 15.0. The van der Waals surface area contributed by atoms with Crippen molar-refractivity contribution in [2.45, 2.75) is 51.3 Å².